The Hall–Kier alpha value is -2.69. The van der Waals surface area contributed by atoms with Crippen LogP contribution in [0.25, 0.3) is 0 Å². The van der Waals surface area contributed by atoms with Crippen LogP contribution in [-0.2, 0) is 0 Å². The molecule has 1 aliphatic carbocycles. The van der Waals surface area contributed by atoms with Gasteiger partial charge in [0.05, 0.1) is 0 Å². The Morgan fingerprint density at radius 2 is 2.00 bits per heavy atom. The maximum absolute atomic E-state index is 12.6. The summed E-state index contributed by atoms with van der Waals surface area (Å²) in [6.45, 7) is 6.83. The third-order valence-corrected chi connectivity index (χ3v) is 5.03. The maximum Gasteiger partial charge on any atom is 0.270 e. The molecule has 0 fully saturated rings. The van der Waals surface area contributed by atoms with Crippen molar-refractivity contribution >= 4 is 17.5 Å². The van der Waals surface area contributed by atoms with Crippen molar-refractivity contribution in [2.75, 3.05) is 11.9 Å². The fourth-order valence-corrected chi connectivity index (χ4v) is 3.53. The van der Waals surface area contributed by atoms with E-state index in [-0.39, 0.29) is 5.91 Å². The highest BCUT2D eigenvalue weighted by atomic mass is 16.1. The molecule has 2 N–H and O–H groups in total. The first-order valence-electron chi connectivity index (χ1n) is 10.2. The number of para-hydroxylation sites is 1. The van der Waals surface area contributed by atoms with Gasteiger partial charge >= 0.3 is 0 Å². The Bertz CT molecular complexity index is 857. The first-order valence-corrected chi connectivity index (χ1v) is 10.2. The molecule has 5 heteroatoms. The molecule has 3 rings (SSSR count). The molecule has 148 valence electrons. The molecule has 0 radical (unpaired) electrons. The molecule has 0 aliphatic heterocycles. The largest absolute Gasteiger partial charge is 0.350 e. The third kappa shape index (κ3) is 5.41. The van der Waals surface area contributed by atoms with Crippen molar-refractivity contribution in [1.29, 1.82) is 0 Å². The van der Waals surface area contributed by atoms with Gasteiger partial charge in [-0.1, -0.05) is 43.7 Å². The second-order valence-corrected chi connectivity index (χ2v) is 7.70. The first kappa shape index (κ1) is 20.1. The Labute approximate surface area is 167 Å². The Balaban J connectivity index is 1.67. The van der Waals surface area contributed by atoms with Gasteiger partial charge in [-0.15, -0.1) is 0 Å². The summed E-state index contributed by atoms with van der Waals surface area (Å²) >= 11 is 0. The van der Waals surface area contributed by atoms with E-state index in [1.165, 1.54) is 30.4 Å². The molecule has 0 spiro atoms. The van der Waals surface area contributed by atoms with E-state index in [0.717, 1.165) is 24.2 Å². The van der Waals surface area contributed by atoms with Crippen molar-refractivity contribution in [2.24, 2.45) is 0 Å². The average molecular weight is 379 g/mol. The number of hydrogen-bond acceptors (Lipinski definition) is 4. The summed E-state index contributed by atoms with van der Waals surface area (Å²) in [5.41, 5.74) is 4.78. The SMILES string of the molecule is Cc1cc(C(=O)NCCC2=CCCCC2)nc(Nc2ccccc2C(C)C)n1. The van der Waals surface area contributed by atoms with Gasteiger partial charge in [0.25, 0.3) is 5.91 Å². The maximum atomic E-state index is 12.6. The van der Waals surface area contributed by atoms with Crippen molar-refractivity contribution in [3.63, 3.8) is 0 Å². The minimum absolute atomic E-state index is 0.151. The first-order chi connectivity index (χ1) is 13.5. The van der Waals surface area contributed by atoms with Crippen molar-refractivity contribution in [2.45, 2.75) is 58.8 Å². The fraction of sp³-hybridized carbons (Fsp3) is 0.435. The van der Waals surface area contributed by atoms with E-state index in [2.05, 4.69) is 46.6 Å². The Kier molecular flexibility index (Phi) is 6.80. The number of aryl methyl sites for hydroxylation is 1. The highest BCUT2D eigenvalue weighted by molar-refractivity contribution is 5.92. The zero-order chi connectivity index (χ0) is 19.9. The summed E-state index contributed by atoms with van der Waals surface area (Å²) in [7, 11) is 0. The number of rotatable bonds is 7. The Morgan fingerprint density at radius 1 is 1.18 bits per heavy atom. The van der Waals surface area contributed by atoms with Gasteiger partial charge < -0.3 is 10.6 Å². The van der Waals surface area contributed by atoms with E-state index in [1.807, 2.05) is 25.1 Å². The van der Waals surface area contributed by atoms with Crippen LogP contribution < -0.4 is 10.6 Å². The molecule has 0 bridgehead atoms. The lowest BCUT2D eigenvalue weighted by molar-refractivity contribution is 0.0949. The lowest BCUT2D eigenvalue weighted by atomic mass is 9.97. The molecule has 0 saturated carbocycles. The quantitative estimate of drug-likeness (QED) is 0.644. The number of allylic oxidation sites excluding steroid dienone is 1. The molecule has 0 saturated heterocycles. The van der Waals surface area contributed by atoms with Gasteiger partial charge in [0.15, 0.2) is 0 Å². The van der Waals surface area contributed by atoms with Crippen LogP contribution in [0.1, 0.15) is 73.6 Å². The van der Waals surface area contributed by atoms with Crippen molar-refractivity contribution in [3.05, 3.63) is 58.9 Å². The van der Waals surface area contributed by atoms with Gasteiger partial charge in [-0.3, -0.25) is 4.79 Å². The summed E-state index contributed by atoms with van der Waals surface area (Å²) in [6.07, 6.45) is 8.11. The van der Waals surface area contributed by atoms with Crippen LogP contribution in [0.5, 0.6) is 0 Å². The minimum Gasteiger partial charge on any atom is -0.350 e. The van der Waals surface area contributed by atoms with E-state index in [1.54, 1.807) is 6.07 Å². The summed E-state index contributed by atoms with van der Waals surface area (Å²) < 4.78 is 0. The van der Waals surface area contributed by atoms with Gasteiger partial charge in [-0.25, -0.2) is 9.97 Å². The monoisotopic (exact) mass is 378 g/mol. The predicted octanol–water partition coefficient (Wildman–Crippen LogP) is 5.27. The second-order valence-electron chi connectivity index (χ2n) is 7.70. The van der Waals surface area contributed by atoms with Crippen LogP contribution in [0.2, 0.25) is 0 Å². The smallest absolute Gasteiger partial charge is 0.270 e. The second kappa shape index (κ2) is 9.49. The third-order valence-electron chi connectivity index (χ3n) is 5.03. The molecule has 1 aromatic carbocycles. The van der Waals surface area contributed by atoms with Gasteiger partial charge in [0.1, 0.15) is 5.69 Å². The molecular weight excluding hydrogens is 348 g/mol. The van der Waals surface area contributed by atoms with Crippen LogP contribution in [-0.4, -0.2) is 22.4 Å². The van der Waals surface area contributed by atoms with Crippen molar-refractivity contribution in [3.8, 4) is 0 Å². The molecule has 5 nitrogen and oxygen atoms in total. The molecule has 1 heterocycles. The van der Waals surface area contributed by atoms with Gasteiger partial charge in [-0.05, 0) is 62.6 Å². The van der Waals surface area contributed by atoms with Crippen LogP contribution in [0, 0.1) is 6.92 Å². The topological polar surface area (TPSA) is 66.9 Å². The van der Waals surface area contributed by atoms with E-state index in [0.29, 0.717) is 24.1 Å². The van der Waals surface area contributed by atoms with E-state index < -0.39 is 0 Å². The Morgan fingerprint density at radius 3 is 2.75 bits per heavy atom. The molecule has 1 aliphatic rings. The summed E-state index contributed by atoms with van der Waals surface area (Å²) in [5, 5.41) is 6.28. The molecular formula is C23H30N4O. The van der Waals surface area contributed by atoms with E-state index in [9.17, 15) is 4.79 Å². The number of nitrogens with one attached hydrogen (secondary N) is 2. The summed E-state index contributed by atoms with van der Waals surface area (Å²) in [5.74, 6) is 0.681. The van der Waals surface area contributed by atoms with Crippen LogP contribution in [0.3, 0.4) is 0 Å². The summed E-state index contributed by atoms with van der Waals surface area (Å²) in [4.78, 5) is 21.5. The standard InChI is InChI=1S/C23H30N4O/c1-16(2)19-11-7-8-12-20(19)26-23-25-17(3)15-21(27-23)22(28)24-14-13-18-9-5-4-6-10-18/h7-9,11-12,15-16H,4-6,10,13-14H2,1-3H3,(H,24,28)(H,25,26,27). The average Bonchev–Trinajstić information content (AvgIpc) is 2.68. The zero-order valence-electron chi connectivity index (χ0n) is 17.1. The van der Waals surface area contributed by atoms with Gasteiger partial charge in [-0.2, -0.15) is 0 Å². The van der Waals surface area contributed by atoms with Gasteiger partial charge in [0, 0.05) is 17.9 Å². The summed E-state index contributed by atoms with van der Waals surface area (Å²) in [6, 6.07) is 9.85. The van der Waals surface area contributed by atoms with Crippen molar-refractivity contribution < 1.29 is 4.79 Å². The number of nitrogens with zero attached hydrogens (tertiary/aromatic N) is 2. The molecule has 2 aromatic rings. The van der Waals surface area contributed by atoms with Crippen molar-refractivity contribution in [1.82, 2.24) is 15.3 Å². The van der Waals surface area contributed by atoms with Crippen LogP contribution in [0.4, 0.5) is 11.6 Å². The number of hydrogen-bond donors (Lipinski definition) is 2. The fourth-order valence-electron chi connectivity index (χ4n) is 3.53. The highest BCUT2D eigenvalue weighted by Crippen LogP contribution is 2.26. The lowest BCUT2D eigenvalue weighted by Crippen LogP contribution is -2.26. The number of amides is 1. The molecule has 1 aromatic heterocycles. The number of carbonyl (C=O) groups is 1. The van der Waals surface area contributed by atoms with Crippen LogP contribution in [0.15, 0.2) is 42.0 Å². The molecule has 0 atom stereocenters. The molecule has 0 unspecified atom stereocenters. The molecule has 1 amide bonds. The van der Waals surface area contributed by atoms with E-state index >= 15 is 0 Å². The molecule has 28 heavy (non-hydrogen) atoms. The number of benzene rings is 1. The number of carbonyl (C=O) groups excluding carboxylic acids is 1. The minimum atomic E-state index is -0.151. The zero-order valence-corrected chi connectivity index (χ0v) is 17.1. The number of anilines is 2. The predicted molar refractivity (Wildman–Crippen MR) is 114 cm³/mol. The lowest BCUT2D eigenvalue weighted by Gasteiger charge is -2.15. The van der Waals surface area contributed by atoms with E-state index in [4.69, 9.17) is 0 Å². The highest BCUT2D eigenvalue weighted by Gasteiger charge is 2.13. The normalized spacial score (nSPS) is 13.9. The van der Waals surface area contributed by atoms with Gasteiger partial charge in [0.2, 0.25) is 5.95 Å². The van der Waals surface area contributed by atoms with Crippen LogP contribution >= 0.6 is 0 Å². The number of aromatic nitrogens is 2.